The molecule has 2 aliphatic heterocycles. The van der Waals surface area contributed by atoms with E-state index >= 15 is 0 Å². The molecule has 28 heavy (non-hydrogen) atoms. The summed E-state index contributed by atoms with van der Waals surface area (Å²) in [4.78, 5) is 15.2. The van der Waals surface area contributed by atoms with E-state index < -0.39 is 0 Å². The lowest BCUT2D eigenvalue weighted by Gasteiger charge is -2.38. The Morgan fingerprint density at radius 1 is 0.964 bits per heavy atom. The summed E-state index contributed by atoms with van der Waals surface area (Å²) in [6.45, 7) is 1.80. The zero-order chi connectivity index (χ0) is 18.9. The lowest BCUT2D eigenvalue weighted by atomic mass is 9.76. The molecule has 3 aliphatic rings. The average molecular weight is 373 g/mol. The standard InChI is InChI=1S/C25H28N2O/c28-25(27-15-6-1-2-7-16-27)19-13-14-23-22(17-19)20-11-8-12-21(20)24(26-23)18-9-4-3-5-10-18/h3-5,8-11,13-14,17,20-21,24,26H,1-2,6-7,12,15-16H2. The van der Waals surface area contributed by atoms with Gasteiger partial charge in [-0.05, 0) is 54.5 Å². The first-order chi connectivity index (χ1) is 13.8. The van der Waals surface area contributed by atoms with Crippen LogP contribution in [0.5, 0.6) is 0 Å². The van der Waals surface area contributed by atoms with Crippen LogP contribution in [0, 0.1) is 5.92 Å². The van der Waals surface area contributed by atoms with Gasteiger partial charge in [-0.2, -0.15) is 0 Å². The molecule has 1 aliphatic carbocycles. The van der Waals surface area contributed by atoms with E-state index in [1.54, 1.807) is 0 Å². The molecule has 5 rings (SSSR count). The Balaban J connectivity index is 1.46. The minimum Gasteiger partial charge on any atom is -0.378 e. The van der Waals surface area contributed by atoms with Crippen LogP contribution in [0.1, 0.15) is 65.5 Å². The second kappa shape index (κ2) is 7.46. The van der Waals surface area contributed by atoms with Crippen LogP contribution in [0.25, 0.3) is 0 Å². The number of amides is 1. The van der Waals surface area contributed by atoms with E-state index in [1.807, 2.05) is 6.07 Å². The molecule has 1 saturated heterocycles. The van der Waals surface area contributed by atoms with Gasteiger partial charge < -0.3 is 10.2 Å². The molecule has 0 saturated carbocycles. The van der Waals surface area contributed by atoms with Gasteiger partial charge in [0, 0.05) is 30.3 Å². The van der Waals surface area contributed by atoms with Crippen LogP contribution in [-0.4, -0.2) is 23.9 Å². The van der Waals surface area contributed by atoms with Crippen molar-refractivity contribution in [2.75, 3.05) is 18.4 Å². The molecule has 1 N–H and O–H groups in total. The highest BCUT2D eigenvalue weighted by Crippen LogP contribution is 2.49. The van der Waals surface area contributed by atoms with Crippen LogP contribution in [0.4, 0.5) is 5.69 Å². The molecular weight excluding hydrogens is 344 g/mol. The lowest BCUT2D eigenvalue weighted by Crippen LogP contribution is -2.33. The van der Waals surface area contributed by atoms with Gasteiger partial charge in [0.05, 0.1) is 6.04 Å². The summed E-state index contributed by atoms with van der Waals surface area (Å²) in [5, 5.41) is 3.78. The van der Waals surface area contributed by atoms with Crippen LogP contribution >= 0.6 is 0 Å². The quantitative estimate of drug-likeness (QED) is 0.703. The summed E-state index contributed by atoms with van der Waals surface area (Å²) in [5.74, 6) is 1.10. The van der Waals surface area contributed by atoms with Crippen molar-refractivity contribution in [2.24, 2.45) is 5.92 Å². The number of anilines is 1. The van der Waals surface area contributed by atoms with E-state index in [0.29, 0.717) is 17.9 Å². The summed E-state index contributed by atoms with van der Waals surface area (Å²) in [6, 6.07) is 17.4. The van der Waals surface area contributed by atoms with Gasteiger partial charge in [0.1, 0.15) is 0 Å². The number of hydrogen-bond donors (Lipinski definition) is 1. The molecule has 0 spiro atoms. The molecule has 2 aromatic rings. The third-order valence-electron chi connectivity index (χ3n) is 6.66. The highest BCUT2D eigenvalue weighted by Gasteiger charge is 2.38. The summed E-state index contributed by atoms with van der Waals surface area (Å²) < 4.78 is 0. The van der Waals surface area contributed by atoms with E-state index in [9.17, 15) is 4.79 Å². The van der Waals surface area contributed by atoms with E-state index in [4.69, 9.17) is 0 Å². The van der Waals surface area contributed by atoms with Gasteiger partial charge in [-0.15, -0.1) is 0 Å². The number of nitrogens with zero attached hydrogens (tertiary/aromatic N) is 1. The number of likely N-dealkylation sites (tertiary alicyclic amines) is 1. The Morgan fingerprint density at radius 3 is 2.54 bits per heavy atom. The number of allylic oxidation sites excluding steroid dienone is 2. The Bertz CT molecular complexity index is 881. The van der Waals surface area contributed by atoms with Crippen molar-refractivity contribution >= 4 is 11.6 Å². The molecule has 1 amide bonds. The molecule has 1 fully saturated rings. The van der Waals surface area contributed by atoms with E-state index in [2.05, 4.69) is 64.8 Å². The Hall–Kier alpha value is -2.55. The van der Waals surface area contributed by atoms with Crippen molar-refractivity contribution in [1.82, 2.24) is 4.90 Å². The van der Waals surface area contributed by atoms with Crippen molar-refractivity contribution < 1.29 is 4.79 Å². The summed E-state index contributed by atoms with van der Waals surface area (Å²) in [5.41, 5.74) is 4.65. The number of rotatable bonds is 2. The normalized spacial score (nSPS) is 26.1. The fourth-order valence-corrected chi connectivity index (χ4v) is 5.17. The first-order valence-electron chi connectivity index (χ1n) is 10.7. The molecule has 2 heterocycles. The SMILES string of the molecule is O=C(c1ccc2c(c1)C1C=CCC1C(c1ccccc1)N2)N1CCCCCC1. The Kier molecular flexibility index (Phi) is 4.67. The van der Waals surface area contributed by atoms with Gasteiger partial charge in [0.15, 0.2) is 0 Å². The van der Waals surface area contributed by atoms with Gasteiger partial charge in [0.2, 0.25) is 0 Å². The number of benzene rings is 2. The van der Waals surface area contributed by atoms with Crippen molar-refractivity contribution in [2.45, 2.75) is 44.1 Å². The monoisotopic (exact) mass is 372 g/mol. The topological polar surface area (TPSA) is 32.3 Å². The van der Waals surface area contributed by atoms with Crippen LogP contribution in [-0.2, 0) is 0 Å². The molecule has 2 aromatic carbocycles. The van der Waals surface area contributed by atoms with E-state index in [0.717, 1.165) is 37.9 Å². The van der Waals surface area contributed by atoms with Crippen molar-refractivity contribution in [3.8, 4) is 0 Å². The first kappa shape index (κ1) is 17.5. The maximum atomic E-state index is 13.1. The number of fused-ring (bicyclic) bond motifs is 3. The molecule has 0 bridgehead atoms. The number of carbonyl (C=O) groups excluding carboxylic acids is 1. The number of nitrogens with one attached hydrogen (secondary N) is 1. The molecule has 3 nitrogen and oxygen atoms in total. The zero-order valence-corrected chi connectivity index (χ0v) is 16.3. The highest BCUT2D eigenvalue weighted by molar-refractivity contribution is 5.95. The molecule has 0 radical (unpaired) electrons. The third-order valence-corrected chi connectivity index (χ3v) is 6.66. The van der Waals surface area contributed by atoms with Crippen LogP contribution in [0.3, 0.4) is 0 Å². The fraction of sp³-hybridized carbons (Fsp3) is 0.400. The van der Waals surface area contributed by atoms with E-state index in [-0.39, 0.29) is 5.91 Å². The second-order valence-electron chi connectivity index (χ2n) is 8.39. The predicted octanol–water partition coefficient (Wildman–Crippen LogP) is 5.53. The molecule has 144 valence electrons. The van der Waals surface area contributed by atoms with Crippen LogP contribution in [0.2, 0.25) is 0 Å². The predicted molar refractivity (Wildman–Crippen MR) is 114 cm³/mol. The molecule has 3 heteroatoms. The van der Waals surface area contributed by atoms with Gasteiger partial charge in [-0.3, -0.25) is 4.79 Å². The summed E-state index contributed by atoms with van der Waals surface area (Å²) >= 11 is 0. The molecule has 0 aromatic heterocycles. The largest absolute Gasteiger partial charge is 0.378 e. The lowest BCUT2D eigenvalue weighted by molar-refractivity contribution is 0.0761. The maximum absolute atomic E-state index is 13.1. The van der Waals surface area contributed by atoms with Gasteiger partial charge in [-0.1, -0.05) is 55.3 Å². The minimum atomic E-state index is 0.202. The molecular formula is C25H28N2O. The smallest absolute Gasteiger partial charge is 0.253 e. The molecule has 3 unspecified atom stereocenters. The number of hydrogen-bond acceptors (Lipinski definition) is 2. The van der Waals surface area contributed by atoms with E-state index in [1.165, 1.54) is 29.7 Å². The van der Waals surface area contributed by atoms with Crippen molar-refractivity contribution in [3.05, 3.63) is 77.4 Å². The maximum Gasteiger partial charge on any atom is 0.253 e. The molecule has 3 atom stereocenters. The first-order valence-corrected chi connectivity index (χ1v) is 10.7. The van der Waals surface area contributed by atoms with Gasteiger partial charge >= 0.3 is 0 Å². The Labute approximate surface area is 167 Å². The van der Waals surface area contributed by atoms with Gasteiger partial charge in [0.25, 0.3) is 5.91 Å². The minimum absolute atomic E-state index is 0.202. The summed E-state index contributed by atoms with van der Waals surface area (Å²) in [6.07, 6.45) is 10.5. The highest BCUT2D eigenvalue weighted by atomic mass is 16.2. The Morgan fingerprint density at radius 2 is 1.75 bits per heavy atom. The van der Waals surface area contributed by atoms with Crippen LogP contribution in [0.15, 0.2) is 60.7 Å². The fourth-order valence-electron chi connectivity index (χ4n) is 5.17. The average Bonchev–Trinajstić information content (AvgIpc) is 3.08. The summed E-state index contributed by atoms with van der Waals surface area (Å²) in [7, 11) is 0. The van der Waals surface area contributed by atoms with Crippen molar-refractivity contribution in [1.29, 1.82) is 0 Å². The zero-order valence-electron chi connectivity index (χ0n) is 16.3. The van der Waals surface area contributed by atoms with Crippen molar-refractivity contribution in [3.63, 3.8) is 0 Å². The third kappa shape index (κ3) is 3.13. The number of carbonyl (C=O) groups is 1. The van der Waals surface area contributed by atoms with Crippen LogP contribution < -0.4 is 5.32 Å². The second-order valence-corrected chi connectivity index (χ2v) is 8.39. The van der Waals surface area contributed by atoms with Gasteiger partial charge in [-0.25, -0.2) is 0 Å².